The van der Waals surface area contributed by atoms with Crippen LogP contribution in [0.4, 0.5) is 0 Å². The van der Waals surface area contributed by atoms with Gasteiger partial charge in [-0.25, -0.2) is 4.79 Å². The lowest BCUT2D eigenvalue weighted by molar-refractivity contribution is -0.142. The number of allylic oxidation sites excluding steroid dienone is 1. The fourth-order valence-electron chi connectivity index (χ4n) is 1.34. The molecular weight excluding hydrogens is 293 g/mol. The number of hydrogen-bond acceptors (Lipinski definition) is 5. The number of carboxylic acids is 3. The molecule has 2 atom stereocenters. The minimum Gasteiger partial charge on any atom is -0.481 e. The third-order valence-electron chi connectivity index (χ3n) is 2.41. The zero-order valence-electron chi connectivity index (χ0n) is 10.4. The molecule has 20 heavy (non-hydrogen) atoms. The summed E-state index contributed by atoms with van der Waals surface area (Å²) in [7, 11) is -3.95. The molecule has 0 aromatic heterocycles. The molecule has 0 fully saturated rings. The first-order chi connectivity index (χ1) is 9.05. The van der Waals surface area contributed by atoms with Crippen LogP contribution in [0.25, 0.3) is 0 Å². The summed E-state index contributed by atoms with van der Waals surface area (Å²) in [6.45, 7) is 0. The Morgan fingerprint density at radius 3 is 2.15 bits per heavy atom. The quantitative estimate of drug-likeness (QED) is 0.284. The van der Waals surface area contributed by atoms with Crippen molar-refractivity contribution in [3.05, 3.63) is 11.8 Å². The van der Waals surface area contributed by atoms with Crippen molar-refractivity contribution in [2.24, 2.45) is 11.7 Å². The van der Waals surface area contributed by atoms with Crippen LogP contribution in [0.5, 0.6) is 0 Å². The second kappa shape index (κ2) is 7.66. The van der Waals surface area contributed by atoms with E-state index in [1.54, 1.807) is 0 Å². The van der Waals surface area contributed by atoms with Crippen molar-refractivity contribution in [3.63, 3.8) is 0 Å². The highest BCUT2D eigenvalue weighted by atomic mass is 31.2. The average Bonchev–Trinajstić information content (AvgIpc) is 2.30. The van der Waals surface area contributed by atoms with Gasteiger partial charge in [-0.1, -0.05) is 0 Å². The van der Waals surface area contributed by atoms with E-state index in [-0.39, 0.29) is 6.42 Å². The van der Waals surface area contributed by atoms with Gasteiger partial charge in [0.15, 0.2) is 0 Å². The first-order valence-corrected chi connectivity index (χ1v) is 7.52. The molecule has 0 aromatic carbocycles. The smallest absolute Gasteiger partial charge is 0.351 e. The third-order valence-corrected chi connectivity index (χ3v) is 4.17. The Bertz CT molecular complexity index is 472. The molecule has 0 heterocycles. The Kier molecular flexibility index (Phi) is 6.95. The first kappa shape index (κ1) is 18.1. The molecule has 6 N–H and O–H groups in total. The van der Waals surface area contributed by atoms with Crippen LogP contribution in [0.1, 0.15) is 12.8 Å². The van der Waals surface area contributed by atoms with E-state index in [0.29, 0.717) is 0 Å². The van der Waals surface area contributed by atoms with E-state index in [0.717, 1.165) is 6.08 Å². The van der Waals surface area contributed by atoms with Gasteiger partial charge in [0, 0.05) is 18.7 Å². The Morgan fingerprint density at radius 1 is 1.20 bits per heavy atom. The van der Waals surface area contributed by atoms with Crippen molar-refractivity contribution >= 4 is 25.3 Å². The summed E-state index contributed by atoms with van der Waals surface area (Å²) in [5.41, 5.74) is 4.43. The molecule has 0 aliphatic rings. The van der Waals surface area contributed by atoms with Crippen molar-refractivity contribution in [1.29, 1.82) is 0 Å². The van der Waals surface area contributed by atoms with E-state index < -0.39 is 55.6 Å². The van der Waals surface area contributed by atoms with Crippen molar-refractivity contribution in [2.45, 2.75) is 12.8 Å². The summed E-state index contributed by atoms with van der Waals surface area (Å²) in [4.78, 5) is 41.2. The van der Waals surface area contributed by atoms with Crippen LogP contribution in [0.2, 0.25) is 0 Å². The maximum atomic E-state index is 11.8. The summed E-state index contributed by atoms with van der Waals surface area (Å²) in [5, 5.41) is 25.8. The number of rotatable bonds is 9. The standard InChI is InChI=1S/C10H16NO8P/c11-7(10(16)17)3-4-20(18,19)5-6(9(14)15)1-2-8(12)13/h3,6H,1-2,4-5,11H2,(H,12,13)(H,14,15)(H,16,17)(H,18,19)/b7-3-. The zero-order chi connectivity index (χ0) is 15.9. The highest BCUT2D eigenvalue weighted by molar-refractivity contribution is 7.58. The lowest BCUT2D eigenvalue weighted by Crippen LogP contribution is -2.20. The molecule has 114 valence electrons. The molecule has 0 spiro atoms. The van der Waals surface area contributed by atoms with Gasteiger partial charge in [-0.3, -0.25) is 14.2 Å². The average molecular weight is 309 g/mol. The fourth-order valence-corrected chi connectivity index (χ4v) is 3.00. The van der Waals surface area contributed by atoms with Gasteiger partial charge in [-0.2, -0.15) is 0 Å². The van der Waals surface area contributed by atoms with E-state index in [1.807, 2.05) is 0 Å². The minimum atomic E-state index is -3.95. The molecule has 0 aromatic rings. The van der Waals surface area contributed by atoms with Crippen LogP contribution >= 0.6 is 7.37 Å². The molecule has 9 nitrogen and oxygen atoms in total. The number of nitrogens with two attached hydrogens (primary N) is 1. The van der Waals surface area contributed by atoms with E-state index in [2.05, 4.69) is 0 Å². The molecular formula is C10H16NO8P. The SMILES string of the molecule is N/C(=C\CP(=O)(O)CC(CCC(=O)O)C(=O)O)C(=O)O. The summed E-state index contributed by atoms with van der Waals surface area (Å²) in [6, 6.07) is 0. The molecule has 0 radical (unpaired) electrons. The predicted molar refractivity (Wildman–Crippen MR) is 67.5 cm³/mol. The van der Waals surface area contributed by atoms with Crippen molar-refractivity contribution in [2.75, 3.05) is 12.3 Å². The van der Waals surface area contributed by atoms with E-state index in [9.17, 15) is 23.8 Å². The molecule has 10 heteroatoms. The maximum Gasteiger partial charge on any atom is 0.351 e. The van der Waals surface area contributed by atoms with E-state index in [1.165, 1.54) is 0 Å². The highest BCUT2D eigenvalue weighted by Gasteiger charge is 2.28. The second-order valence-electron chi connectivity index (χ2n) is 4.14. The van der Waals surface area contributed by atoms with Crippen LogP contribution in [0, 0.1) is 5.92 Å². The topological polar surface area (TPSA) is 175 Å². The van der Waals surface area contributed by atoms with Gasteiger partial charge in [-0.05, 0) is 12.5 Å². The molecule has 0 saturated carbocycles. The Labute approximate surface area is 114 Å². The number of hydrogen-bond donors (Lipinski definition) is 5. The van der Waals surface area contributed by atoms with Crippen molar-refractivity contribution in [1.82, 2.24) is 0 Å². The Hall–Kier alpha value is -1.86. The molecule has 0 amide bonds. The number of aliphatic carboxylic acids is 3. The highest BCUT2D eigenvalue weighted by Crippen LogP contribution is 2.43. The van der Waals surface area contributed by atoms with Gasteiger partial charge in [0.1, 0.15) is 5.70 Å². The van der Waals surface area contributed by atoms with Gasteiger partial charge in [-0.15, -0.1) is 0 Å². The van der Waals surface area contributed by atoms with Gasteiger partial charge in [0.2, 0.25) is 7.37 Å². The van der Waals surface area contributed by atoms with Crippen LogP contribution < -0.4 is 5.73 Å². The summed E-state index contributed by atoms with van der Waals surface area (Å²) >= 11 is 0. The number of carbonyl (C=O) groups is 3. The third kappa shape index (κ3) is 7.55. The van der Waals surface area contributed by atoms with Crippen molar-refractivity contribution < 1.29 is 39.2 Å². The van der Waals surface area contributed by atoms with Crippen LogP contribution in [0.3, 0.4) is 0 Å². The van der Waals surface area contributed by atoms with Gasteiger partial charge >= 0.3 is 17.9 Å². The molecule has 0 aliphatic heterocycles. The molecule has 0 saturated heterocycles. The Balaban J connectivity index is 4.72. The predicted octanol–water partition coefficient (Wildman–Crippen LogP) is -0.250. The minimum absolute atomic E-state index is 0.284. The first-order valence-electron chi connectivity index (χ1n) is 5.49. The summed E-state index contributed by atoms with van der Waals surface area (Å²) < 4.78 is 11.8. The lowest BCUT2D eigenvalue weighted by Gasteiger charge is -2.15. The fraction of sp³-hybridized carbons (Fsp3) is 0.500. The van der Waals surface area contributed by atoms with Gasteiger partial charge < -0.3 is 25.9 Å². The molecule has 0 bridgehead atoms. The zero-order valence-corrected chi connectivity index (χ0v) is 11.3. The van der Waals surface area contributed by atoms with Crippen LogP contribution in [0.15, 0.2) is 11.8 Å². The Morgan fingerprint density at radius 2 is 1.75 bits per heavy atom. The molecule has 0 rings (SSSR count). The van der Waals surface area contributed by atoms with E-state index >= 15 is 0 Å². The number of carboxylic acid groups (broad SMARTS) is 3. The maximum absolute atomic E-state index is 11.8. The molecule has 0 aliphatic carbocycles. The normalized spacial score (nSPS) is 16.1. The van der Waals surface area contributed by atoms with E-state index in [4.69, 9.17) is 21.1 Å². The largest absolute Gasteiger partial charge is 0.481 e. The molecule has 2 unspecified atom stereocenters. The van der Waals surface area contributed by atoms with Crippen LogP contribution in [-0.2, 0) is 18.9 Å². The van der Waals surface area contributed by atoms with Gasteiger partial charge in [0.05, 0.1) is 5.92 Å². The second-order valence-corrected chi connectivity index (χ2v) is 6.57. The monoisotopic (exact) mass is 309 g/mol. The lowest BCUT2D eigenvalue weighted by atomic mass is 10.1. The van der Waals surface area contributed by atoms with Gasteiger partial charge in [0.25, 0.3) is 0 Å². The summed E-state index contributed by atoms with van der Waals surface area (Å²) in [6.07, 6.45) is -1.11. The van der Waals surface area contributed by atoms with Crippen LogP contribution in [-0.4, -0.2) is 50.4 Å². The van der Waals surface area contributed by atoms with Crippen molar-refractivity contribution in [3.8, 4) is 0 Å². The summed E-state index contributed by atoms with van der Waals surface area (Å²) in [5.74, 6) is -5.33.